The molecule has 18 heavy (non-hydrogen) atoms. The van der Waals surface area contributed by atoms with E-state index in [9.17, 15) is 14.7 Å². The summed E-state index contributed by atoms with van der Waals surface area (Å²) in [5, 5.41) is 18.8. The summed E-state index contributed by atoms with van der Waals surface area (Å²) in [4.78, 5) is 25.1. The third kappa shape index (κ3) is 2.15. The predicted molar refractivity (Wildman–Crippen MR) is 63.0 cm³/mol. The lowest BCUT2D eigenvalue weighted by Gasteiger charge is -2.17. The molecule has 1 aromatic rings. The summed E-state index contributed by atoms with van der Waals surface area (Å²) in [6.07, 6.45) is 0.474. The lowest BCUT2D eigenvalue weighted by molar-refractivity contribution is -0.0530. The van der Waals surface area contributed by atoms with Crippen LogP contribution < -0.4 is 11.2 Å². The molecule has 7 nitrogen and oxygen atoms in total. The molecular weight excluding hydrogens is 240 g/mol. The maximum Gasteiger partial charge on any atom is 0.330 e. The van der Waals surface area contributed by atoms with Crippen molar-refractivity contribution in [2.75, 3.05) is 6.61 Å². The monoisotopic (exact) mass is 254 g/mol. The molecule has 2 heterocycles. The van der Waals surface area contributed by atoms with Gasteiger partial charge in [-0.2, -0.15) is 0 Å². The number of H-pyrrole nitrogens is 1. The van der Waals surface area contributed by atoms with Crippen LogP contribution in [0.15, 0.2) is 22.4 Å². The van der Waals surface area contributed by atoms with Crippen LogP contribution in [0.4, 0.5) is 0 Å². The van der Waals surface area contributed by atoms with Crippen LogP contribution in [0.1, 0.15) is 18.2 Å². The average Bonchev–Trinajstić information content (AvgIpc) is 2.71. The van der Waals surface area contributed by atoms with Crippen LogP contribution in [0.25, 0.3) is 6.08 Å². The van der Waals surface area contributed by atoms with Crippen LogP contribution in [-0.4, -0.2) is 38.6 Å². The Kier molecular flexibility index (Phi) is 3.46. The summed E-state index contributed by atoms with van der Waals surface area (Å²) in [5.41, 5.74) is -1.01. The Morgan fingerprint density at radius 3 is 2.89 bits per heavy atom. The zero-order valence-electron chi connectivity index (χ0n) is 9.57. The number of aromatic nitrogens is 2. The molecule has 0 spiro atoms. The number of nitrogens with one attached hydrogen (secondary N) is 1. The van der Waals surface area contributed by atoms with Crippen molar-refractivity contribution in [1.29, 1.82) is 0 Å². The average molecular weight is 254 g/mol. The van der Waals surface area contributed by atoms with E-state index in [1.54, 1.807) is 0 Å². The van der Waals surface area contributed by atoms with Gasteiger partial charge in [0.25, 0.3) is 5.56 Å². The van der Waals surface area contributed by atoms with Gasteiger partial charge in [0.05, 0.1) is 18.3 Å². The van der Waals surface area contributed by atoms with Gasteiger partial charge in [-0.3, -0.25) is 14.3 Å². The second-order valence-electron chi connectivity index (χ2n) is 4.09. The lowest BCUT2D eigenvalue weighted by atomic mass is 10.2. The Balaban J connectivity index is 2.42. The van der Waals surface area contributed by atoms with Gasteiger partial charge < -0.3 is 14.9 Å². The molecule has 0 saturated carbocycles. The fourth-order valence-electron chi connectivity index (χ4n) is 1.93. The topological polar surface area (TPSA) is 105 Å². The van der Waals surface area contributed by atoms with Gasteiger partial charge in [-0.05, 0) is 0 Å². The second-order valence-corrected chi connectivity index (χ2v) is 4.09. The molecule has 2 rings (SSSR count). The van der Waals surface area contributed by atoms with Crippen LogP contribution in [-0.2, 0) is 4.74 Å². The van der Waals surface area contributed by atoms with E-state index in [0.717, 1.165) is 4.57 Å². The number of hydrogen-bond acceptors (Lipinski definition) is 5. The van der Waals surface area contributed by atoms with Crippen LogP contribution in [0.2, 0.25) is 0 Å². The van der Waals surface area contributed by atoms with Crippen molar-refractivity contribution in [2.45, 2.75) is 24.9 Å². The number of nitrogens with zero attached hydrogens (tertiary/aromatic N) is 1. The first-order valence-corrected chi connectivity index (χ1v) is 5.49. The quantitative estimate of drug-likeness (QED) is 0.630. The van der Waals surface area contributed by atoms with E-state index >= 15 is 0 Å². The highest BCUT2D eigenvalue weighted by Gasteiger charge is 2.35. The van der Waals surface area contributed by atoms with E-state index < -0.39 is 29.7 Å². The standard InChI is InChI=1S/C11H14N2O5/c1-2-6-4-13(11(17)12-9(6)16)10-8(15)3-7(5-14)18-10/h2,4,7-8,10,14-15H,1,3,5H2,(H,12,16,17)/t7-,8+,10+/m0/s1. The Morgan fingerprint density at radius 1 is 1.61 bits per heavy atom. The minimum absolute atomic E-state index is 0.206. The first-order valence-electron chi connectivity index (χ1n) is 5.49. The minimum atomic E-state index is -0.914. The third-order valence-corrected chi connectivity index (χ3v) is 2.86. The van der Waals surface area contributed by atoms with E-state index in [0.29, 0.717) is 0 Å². The van der Waals surface area contributed by atoms with E-state index in [1.807, 2.05) is 0 Å². The van der Waals surface area contributed by atoms with E-state index in [4.69, 9.17) is 9.84 Å². The predicted octanol–water partition coefficient (Wildman–Crippen LogP) is -1.18. The number of rotatable bonds is 3. The van der Waals surface area contributed by atoms with Crippen molar-refractivity contribution in [1.82, 2.24) is 9.55 Å². The highest BCUT2D eigenvalue weighted by atomic mass is 16.5. The largest absolute Gasteiger partial charge is 0.394 e. The number of ether oxygens (including phenoxy) is 1. The van der Waals surface area contributed by atoms with Crippen LogP contribution in [0, 0.1) is 0 Å². The molecule has 0 amide bonds. The van der Waals surface area contributed by atoms with Crippen molar-refractivity contribution < 1.29 is 14.9 Å². The third-order valence-electron chi connectivity index (χ3n) is 2.86. The van der Waals surface area contributed by atoms with Gasteiger partial charge in [0.2, 0.25) is 0 Å². The molecule has 1 aliphatic heterocycles. The Bertz CT molecular complexity index is 561. The molecular formula is C11H14N2O5. The number of aliphatic hydroxyl groups excluding tert-OH is 2. The first-order chi connectivity index (χ1) is 8.56. The number of aromatic amines is 1. The van der Waals surface area contributed by atoms with Gasteiger partial charge in [-0.15, -0.1) is 0 Å². The molecule has 0 bridgehead atoms. The normalized spacial score (nSPS) is 27.3. The van der Waals surface area contributed by atoms with Crippen molar-refractivity contribution in [3.05, 3.63) is 39.2 Å². The van der Waals surface area contributed by atoms with Crippen LogP contribution in [0.5, 0.6) is 0 Å². The van der Waals surface area contributed by atoms with Crippen molar-refractivity contribution in [3.63, 3.8) is 0 Å². The Hall–Kier alpha value is -1.70. The maximum atomic E-state index is 11.7. The van der Waals surface area contributed by atoms with Gasteiger partial charge in [0.15, 0.2) is 6.23 Å². The SMILES string of the molecule is C=Cc1cn([C@@H]2O[C@H](CO)C[C@H]2O)c(=O)[nH]c1=O. The van der Waals surface area contributed by atoms with Crippen LogP contribution >= 0.6 is 0 Å². The highest BCUT2D eigenvalue weighted by molar-refractivity contribution is 5.43. The number of aliphatic hydroxyl groups is 2. The first kappa shape index (κ1) is 12.7. The smallest absolute Gasteiger partial charge is 0.330 e. The molecule has 3 N–H and O–H groups in total. The summed E-state index contributed by atoms with van der Waals surface area (Å²) in [5.74, 6) is 0. The minimum Gasteiger partial charge on any atom is -0.394 e. The van der Waals surface area contributed by atoms with Gasteiger partial charge in [-0.25, -0.2) is 4.79 Å². The summed E-state index contributed by atoms with van der Waals surface area (Å²) in [6.45, 7) is 3.22. The van der Waals surface area contributed by atoms with Crippen LogP contribution in [0.3, 0.4) is 0 Å². The zero-order chi connectivity index (χ0) is 13.3. The van der Waals surface area contributed by atoms with E-state index in [1.165, 1.54) is 12.3 Å². The lowest BCUT2D eigenvalue weighted by Crippen LogP contribution is -2.36. The second kappa shape index (κ2) is 4.89. The molecule has 3 atom stereocenters. The van der Waals surface area contributed by atoms with E-state index in [-0.39, 0.29) is 18.6 Å². The Morgan fingerprint density at radius 2 is 2.33 bits per heavy atom. The highest BCUT2D eigenvalue weighted by Crippen LogP contribution is 2.27. The van der Waals surface area contributed by atoms with Gasteiger partial charge in [0.1, 0.15) is 6.10 Å². The molecule has 7 heteroatoms. The maximum absolute atomic E-state index is 11.7. The van der Waals surface area contributed by atoms with E-state index in [2.05, 4.69) is 11.6 Å². The zero-order valence-corrected chi connectivity index (χ0v) is 9.57. The summed E-state index contributed by atoms with van der Waals surface area (Å²) < 4.78 is 6.43. The fraction of sp³-hybridized carbons (Fsp3) is 0.455. The fourth-order valence-corrected chi connectivity index (χ4v) is 1.93. The molecule has 0 radical (unpaired) electrons. The summed E-state index contributed by atoms with van der Waals surface area (Å²) in [7, 11) is 0. The molecule has 1 saturated heterocycles. The summed E-state index contributed by atoms with van der Waals surface area (Å²) >= 11 is 0. The molecule has 1 aliphatic rings. The van der Waals surface area contributed by atoms with Crippen molar-refractivity contribution >= 4 is 6.08 Å². The number of hydrogen-bond donors (Lipinski definition) is 3. The van der Waals surface area contributed by atoms with Gasteiger partial charge in [0, 0.05) is 12.6 Å². The molecule has 98 valence electrons. The van der Waals surface area contributed by atoms with Crippen molar-refractivity contribution in [2.24, 2.45) is 0 Å². The molecule has 0 aliphatic carbocycles. The molecule has 0 unspecified atom stereocenters. The Labute approximate surface area is 102 Å². The molecule has 0 aromatic carbocycles. The summed E-state index contributed by atoms with van der Waals surface area (Å²) in [6, 6.07) is 0. The molecule has 1 fully saturated rings. The van der Waals surface area contributed by atoms with Gasteiger partial charge >= 0.3 is 5.69 Å². The molecule has 1 aromatic heterocycles. The van der Waals surface area contributed by atoms with Crippen molar-refractivity contribution in [3.8, 4) is 0 Å². The van der Waals surface area contributed by atoms with Gasteiger partial charge in [-0.1, -0.05) is 12.7 Å².